The van der Waals surface area contributed by atoms with E-state index >= 15 is 0 Å². The van der Waals surface area contributed by atoms with E-state index in [2.05, 4.69) is 4.90 Å². The van der Waals surface area contributed by atoms with Gasteiger partial charge in [-0.15, -0.1) is 0 Å². The Morgan fingerprint density at radius 3 is 2.58 bits per heavy atom. The highest BCUT2D eigenvalue weighted by Crippen LogP contribution is 2.37. The largest absolute Gasteiger partial charge is 0.481 e. The van der Waals surface area contributed by atoms with Gasteiger partial charge in [-0.2, -0.15) is 0 Å². The van der Waals surface area contributed by atoms with Gasteiger partial charge in [-0.25, -0.2) is 0 Å². The minimum atomic E-state index is -0.608. The molecule has 2 rings (SSSR count). The normalized spacial score (nSPS) is 27.4. The number of hydrogen-bond donors (Lipinski definition) is 1. The number of carbonyl (C=O) groups is 1. The van der Waals surface area contributed by atoms with Crippen molar-refractivity contribution in [2.45, 2.75) is 57.5 Å². The van der Waals surface area contributed by atoms with Crippen LogP contribution in [0.5, 0.6) is 0 Å². The molecular weight excluding hydrogens is 242 g/mol. The summed E-state index contributed by atoms with van der Waals surface area (Å²) in [6.45, 7) is 2.40. The molecule has 19 heavy (non-hydrogen) atoms. The maximum atomic E-state index is 11.6. The van der Waals surface area contributed by atoms with Crippen molar-refractivity contribution in [2.24, 2.45) is 5.41 Å². The summed E-state index contributed by atoms with van der Waals surface area (Å²) in [6, 6.07) is 0. The zero-order valence-corrected chi connectivity index (χ0v) is 12.1. The van der Waals surface area contributed by atoms with Crippen LogP contribution in [0, 0.1) is 5.41 Å². The Hall–Kier alpha value is -0.610. The van der Waals surface area contributed by atoms with E-state index in [1.807, 2.05) is 7.05 Å². The van der Waals surface area contributed by atoms with Crippen molar-refractivity contribution >= 4 is 5.97 Å². The lowest BCUT2D eigenvalue weighted by Gasteiger charge is -2.37. The van der Waals surface area contributed by atoms with Gasteiger partial charge >= 0.3 is 5.97 Å². The topological polar surface area (TPSA) is 49.8 Å². The van der Waals surface area contributed by atoms with Crippen molar-refractivity contribution in [1.29, 1.82) is 0 Å². The van der Waals surface area contributed by atoms with Crippen LogP contribution in [-0.2, 0) is 9.53 Å². The van der Waals surface area contributed by atoms with Gasteiger partial charge in [0.2, 0.25) is 0 Å². The molecule has 1 aliphatic heterocycles. The van der Waals surface area contributed by atoms with Crippen molar-refractivity contribution in [2.75, 3.05) is 26.7 Å². The number of rotatable bonds is 5. The molecule has 4 nitrogen and oxygen atoms in total. The first kappa shape index (κ1) is 14.8. The molecule has 0 spiro atoms. The van der Waals surface area contributed by atoms with Gasteiger partial charge in [0.1, 0.15) is 0 Å². The SMILES string of the molecule is CN(CC1CCCCO1)CC1(C(=O)O)CCCCC1. The Labute approximate surface area is 116 Å². The maximum absolute atomic E-state index is 11.6. The van der Waals surface area contributed by atoms with E-state index in [9.17, 15) is 9.90 Å². The molecule has 1 saturated carbocycles. The molecule has 1 aliphatic carbocycles. The zero-order valence-electron chi connectivity index (χ0n) is 12.1. The molecule has 1 N–H and O–H groups in total. The Morgan fingerprint density at radius 2 is 2.00 bits per heavy atom. The fraction of sp³-hybridized carbons (Fsp3) is 0.933. The Morgan fingerprint density at radius 1 is 1.26 bits per heavy atom. The smallest absolute Gasteiger partial charge is 0.310 e. The summed E-state index contributed by atoms with van der Waals surface area (Å²) in [4.78, 5) is 13.8. The maximum Gasteiger partial charge on any atom is 0.310 e. The van der Waals surface area contributed by atoms with E-state index in [0.29, 0.717) is 12.6 Å². The van der Waals surface area contributed by atoms with Crippen LogP contribution in [0.15, 0.2) is 0 Å². The highest BCUT2D eigenvalue weighted by atomic mass is 16.5. The van der Waals surface area contributed by atoms with Gasteiger partial charge in [-0.1, -0.05) is 19.3 Å². The Balaban J connectivity index is 1.87. The molecule has 0 aromatic heterocycles. The first-order valence-corrected chi connectivity index (χ1v) is 7.66. The predicted octanol–water partition coefficient (Wildman–Crippen LogP) is 2.52. The van der Waals surface area contributed by atoms with Crippen LogP contribution in [0.3, 0.4) is 0 Å². The average molecular weight is 269 g/mol. The molecule has 2 aliphatic rings. The second-order valence-corrected chi connectivity index (χ2v) is 6.33. The van der Waals surface area contributed by atoms with E-state index in [1.54, 1.807) is 0 Å². The third-order valence-corrected chi connectivity index (χ3v) is 4.63. The van der Waals surface area contributed by atoms with Crippen LogP contribution in [0.2, 0.25) is 0 Å². The second kappa shape index (κ2) is 6.71. The summed E-state index contributed by atoms with van der Waals surface area (Å²) in [7, 11) is 2.04. The number of carboxylic acids is 1. The van der Waals surface area contributed by atoms with Crippen LogP contribution in [0.4, 0.5) is 0 Å². The first-order chi connectivity index (χ1) is 9.12. The monoisotopic (exact) mass is 269 g/mol. The van der Waals surface area contributed by atoms with E-state index in [1.165, 1.54) is 19.3 Å². The van der Waals surface area contributed by atoms with Crippen molar-refractivity contribution in [3.05, 3.63) is 0 Å². The molecule has 0 aromatic rings. The number of likely N-dealkylation sites (N-methyl/N-ethyl adjacent to an activating group) is 1. The number of carboxylic acid groups (broad SMARTS) is 1. The van der Waals surface area contributed by atoms with Crippen molar-refractivity contribution in [1.82, 2.24) is 4.90 Å². The number of ether oxygens (including phenoxy) is 1. The molecule has 0 bridgehead atoms. The second-order valence-electron chi connectivity index (χ2n) is 6.33. The zero-order chi connectivity index (χ0) is 13.7. The lowest BCUT2D eigenvalue weighted by atomic mass is 9.73. The van der Waals surface area contributed by atoms with Crippen LogP contribution < -0.4 is 0 Å². The van der Waals surface area contributed by atoms with Crippen LogP contribution in [-0.4, -0.2) is 48.8 Å². The summed E-state index contributed by atoms with van der Waals surface area (Å²) in [5, 5.41) is 9.59. The molecular formula is C15H27NO3. The van der Waals surface area contributed by atoms with Crippen LogP contribution in [0.1, 0.15) is 51.4 Å². The molecule has 1 atom stereocenters. The third-order valence-electron chi connectivity index (χ3n) is 4.63. The standard InChI is InChI=1S/C15H27NO3/c1-16(11-13-7-3-6-10-19-13)12-15(14(17)18)8-4-2-5-9-15/h13H,2-12H2,1H3,(H,17,18). The van der Waals surface area contributed by atoms with Crippen molar-refractivity contribution in [3.63, 3.8) is 0 Å². The van der Waals surface area contributed by atoms with E-state index in [4.69, 9.17) is 4.74 Å². The molecule has 1 unspecified atom stereocenters. The summed E-state index contributed by atoms with van der Waals surface area (Å²) in [5.74, 6) is -0.608. The van der Waals surface area contributed by atoms with Gasteiger partial charge in [-0.05, 0) is 39.2 Å². The third kappa shape index (κ3) is 3.93. The molecule has 0 amide bonds. The molecule has 1 saturated heterocycles. The summed E-state index contributed by atoms with van der Waals surface area (Å²) in [5.41, 5.74) is -0.512. The summed E-state index contributed by atoms with van der Waals surface area (Å²) in [6.07, 6.45) is 8.78. The van der Waals surface area contributed by atoms with E-state index < -0.39 is 11.4 Å². The van der Waals surface area contributed by atoms with Gasteiger partial charge in [0.25, 0.3) is 0 Å². The molecule has 0 radical (unpaired) electrons. The molecule has 110 valence electrons. The number of nitrogens with zero attached hydrogens (tertiary/aromatic N) is 1. The van der Waals surface area contributed by atoms with Crippen molar-refractivity contribution in [3.8, 4) is 0 Å². The predicted molar refractivity (Wildman–Crippen MR) is 74.2 cm³/mol. The fourth-order valence-electron chi connectivity index (χ4n) is 3.55. The molecule has 2 fully saturated rings. The minimum Gasteiger partial charge on any atom is -0.481 e. The van der Waals surface area contributed by atoms with E-state index in [-0.39, 0.29) is 0 Å². The highest BCUT2D eigenvalue weighted by Gasteiger charge is 2.40. The van der Waals surface area contributed by atoms with E-state index in [0.717, 1.165) is 45.3 Å². The lowest BCUT2D eigenvalue weighted by Crippen LogP contribution is -2.45. The van der Waals surface area contributed by atoms with Crippen molar-refractivity contribution < 1.29 is 14.6 Å². The van der Waals surface area contributed by atoms with Crippen LogP contribution >= 0.6 is 0 Å². The van der Waals surface area contributed by atoms with Gasteiger partial charge in [0.15, 0.2) is 0 Å². The van der Waals surface area contributed by atoms with Gasteiger partial charge in [-0.3, -0.25) is 4.79 Å². The average Bonchev–Trinajstić information content (AvgIpc) is 2.40. The minimum absolute atomic E-state index is 0.299. The van der Waals surface area contributed by atoms with Crippen LogP contribution in [0.25, 0.3) is 0 Å². The Bertz CT molecular complexity index is 294. The Kier molecular flexibility index (Phi) is 5.22. The number of hydrogen-bond acceptors (Lipinski definition) is 3. The lowest BCUT2D eigenvalue weighted by molar-refractivity contribution is -0.152. The molecule has 4 heteroatoms. The quantitative estimate of drug-likeness (QED) is 0.833. The van der Waals surface area contributed by atoms with Gasteiger partial charge in [0.05, 0.1) is 11.5 Å². The molecule has 0 aromatic carbocycles. The fourth-order valence-corrected chi connectivity index (χ4v) is 3.55. The highest BCUT2D eigenvalue weighted by molar-refractivity contribution is 5.75. The molecule has 1 heterocycles. The summed E-state index contributed by atoms with van der Waals surface area (Å²) >= 11 is 0. The van der Waals surface area contributed by atoms with Gasteiger partial charge in [0, 0.05) is 19.7 Å². The summed E-state index contributed by atoms with van der Waals surface area (Å²) < 4.78 is 5.74. The first-order valence-electron chi connectivity index (χ1n) is 7.66. The number of aliphatic carboxylic acids is 1. The van der Waals surface area contributed by atoms with Gasteiger partial charge < -0.3 is 14.7 Å².